The molecule has 0 bridgehead atoms. The zero-order chi connectivity index (χ0) is 14.9. The van der Waals surface area contributed by atoms with Gasteiger partial charge in [0.1, 0.15) is 10.8 Å². The summed E-state index contributed by atoms with van der Waals surface area (Å²) >= 11 is 8.05. The molecule has 0 aliphatic carbocycles. The highest BCUT2D eigenvalue weighted by Gasteiger charge is 2.14. The fourth-order valence-corrected chi connectivity index (χ4v) is 2.66. The fourth-order valence-electron chi connectivity index (χ4n) is 1.80. The molecule has 7 heteroatoms. The van der Waals surface area contributed by atoms with Crippen LogP contribution < -0.4 is 11.1 Å². The third kappa shape index (κ3) is 2.83. The van der Waals surface area contributed by atoms with Crippen molar-refractivity contribution in [3.63, 3.8) is 0 Å². The second kappa shape index (κ2) is 5.88. The van der Waals surface area contributed by atoms with Crippen molar-refractivity contribution in [2.45, 2.75) is 19.9 Å². The van der Waals surface area contributed by atoms with Gasteiger partial charge in [0, 0.05) is 17.7 Å². The molecule has 0 radical (unpaired) electrons. The summed E-state index contributed by atoms with van der Waals surface area (Å²) in [5, 5.41) is 7.21. The van der Waals surface area contributed by atoms with E-state index in [-0.39, 0.29) is 15.5 Å². The Morgan fingerprint density at radius 3 is 2.75 bits per heavy atom. The van der Waals surface area contributed by atoms with Crippen LogP contribution in [0.2, 0.25) is 0 Å². The lowest BCUT2D eigenvalue weighted by Crippen LogP contribution is -2.12. The van der Waals surface area contributed by atoms with E-state index in [0.717, 1.165) is 0 Å². The number of rotatable bonds is 4. The zero-order valence-electron chi connectivity index (χ0n) is 11.0. The van der Waals surface area contributed by atoms with Crippen molar-refractivity contribution in [2.75, 3.05) is 5.32 Å². The molecule has 20 heavy (non-hydrogen) atoms. The number of anilines is 2. The molecule has 0 atom stereocenters. The molecule has 2 rings (SSSR count). The Kier molecular flexibility index (Phi) is 4.39. The first-order valence-electron chi connectivity index (χ1n) is 6.00. The maximum absolute atomic E-state index is 14.3. The Balaban J connectivity index is 2.37. The Hall–Kier alpha value is -1.47. The molecular weight excluding hydrogens is 343 g/mol. The second-order valence-corrected chi connectivity index (χ2v) is 5.77. The van der Waals surface area contributed by atoms with Gasteiger partial charge < -0.3 is 11.1 Å². The molecule has 1 heterocycles. The van der Waals surface area contributed by atoms with Crippen LogP contribution in [0.25, 0.3) is 0 Å². The van der Waals surface area contributed by atoms with Crippen molar-refractivity contribution in [3.05, 3.63) is 40.2 Å². The van der Waals surface area contributed by atoms with Gasteiger partial charge in [0.2, 0.25) is 0 Å². The molecule has 0 saturated heterocycles. The van der Waals surface area contributed by atoms with E-state index in [2.05, 4.69) is 26.3 Å². The first kappa shape index (κ1) is 14.9. The Morgan fingerprint density at radius 2 is 2.15 bits per heavy atom. The van der Waals surface area contributed by atoms with E-state index in [9.17, 15) is 4.39 Å². The standard InChI is InChI=1S/C13H14BrFN4S/c1-7(2)19-10(5-6-17-19)18-9-4-3-8(13(16)20)11(14)12(9)15/h3-7,18H,1-2H3,(H2,16,20). The van der Waals surface area contributed by atoms with Gasteiger partial charge >= 0.3 is 0 Å². The Morgan fingerprint density at radius 1 is 1.45 bits per heavy atom. The van der Waals surface area contributed by atoms with Crippen molar-refractivity contribution in [2.24, 2.45) is 5.73 Å². The minimum atomic E-state index is -0.438. The van der Waals surface area contributed by atoms with E-state index < -0.39 is 5.82 Å². The highest BCUT2D eigenvalue weighted by molar-refractivity contribution is 9.10. The summed E-state index contributed by atoms with van der Waals surface area (Å²) in [6.07, 6.45) is 1.67. The molecule has 4 nitrogen and oxygen atoms in total. The average Bonchev–Trinajstić information content (AvgIpc) is 2.83. The van der Waals surface area contributed by atoms with Gasteiger partial charge in [-0.2, -0.15) is 5.10 Å². The Bertz CT molecular complexity index is 654. The highest BCUT2D eigenvalue weighted by atomic mass is 79.9. The van der Waals surface area contributed by atoms with Crippen LogP contribution in [-0.2, 0) is 0 Å². The summed E-state index contributed by atoms with van der Waals surface area (Å²) < 4.78 is 16.3. The van der Waals surface area contributed by atoms with E-state index in [0.29, 0.717) is 17.1 Å². The quantitative estimate of drug-likeness (QED) is 0.819. The van der Waals surface area contributed by atoms with Crippen molar-refractivity contribution >= 4 is 44.6 Å². The highest BCUT2D eigenvalue weighted by Crippen LogP contribution is 2.29. The number of nitrogens with two attached hydrogens (primary N) is 1. The lowest BCUT2D eigenvalue weighted by Gasteiger charge is -2.14. The van der Waals surface area contributed by atoms with Crippen LogP contribution in [-0.4, -0.2) is 14.8 Å². The molecule has 0 fully saturated rings. The van der Waals surface area contributed by atoms with E-state index in [1.54, 1.807) is 29.1 Å². The number of thiocarbonyl (C=S) groups is 1. The van der Waals surface area contributed by atoms with Gasteiger partial charge in [0.25, 0.3) is 0 Å². The number of nitrogens with one attached hydrogen (secondary N) is 1. The molecule has 2 aromatic rings. The van der Waals surface area contributed by atoms with Crippen LogP contribution in [0.5, 0.6) is 0 Å². The van der Waals surface area contributed by atoms with Gasteiger partial charge in [-0.15, -0.1) is 0 Å². The zero-order valence-corrected chi connectivity index (χ0v) is 13.4. The largest absolute Gasteiger partial charge is 0.389 e. The fraction of sp³-hybridized carbons (Fsp3) is 0.231. The van der Waals surface area contributed by atoms with Crippen molar-refractivity contribution < 1.29 is 4.39 Å². The minimum absolute atomic E-state index is 0.148. The van der Waals surface area contributed by atoms with Crippen LogP contribution in [0, 0.1) is 5.82 Å². The molecule has 1 aromatic carbocycles. The van der Waals surface area contributed by atoms with E-state index in [1.807, 2.05) is 13.8 Å². The van der Waals surface area contributed by atoms with Crippen molar-refractivity contribution in [3.8, 4) is 0 Å². The number of aromatic nitrogens is 2. The van der Waals surface area contributed by atoms with Crippen LogP contribution in [0.1, 0.15) is 25.5 Å². The normalized spacial score (nSPS) is 10.8. The molecule has 106 valence electrons. The SMILES string of the molecule is CC(C)n1nccc1Nc1ccc(C(N)=S)c(Br)c1F. The van der Waals surface area contributed by atoms with Crippen molar-refractivity contribution in [1.29, 1.82) is 0 Å². The number of nitrogens with zero attached hydrogens (tertiary/aromatic N) is 2. The molecule has 0 saturated carbocycles. The maximum atomic E-state index is 14.3. The van der Waals surface area contributed by atoms with Crippen molar-refractivity contribution in [1.82, 2.24) is 9.78 Å². The first-order chi connectivity index (χ1) is 9.41. The number of hydrogen-bond acceptors (Lipinski definition) is 3. The smallest absolute Gasteiger partial charge is 0.161 e. The molecule has 0 aliphatic heterocycles. The summed E-state index contributed by atoms with van der Waals surface area (Å²) in [5.41, 5.74) is 6.34. The molecule has 0 amide bonds. The van der Waals surface area contributed by atoms with Gasteiger partial charge in [0.05, 0.1) is 16.4 Å². The lowest BCUT2D eigenvalue weighted by molar-refractivity contribution is 0.539. The summed E-state index contributed by atoms with van der Waals surface area (Å²) in [6.45, 7) is 4.00. The third-order valence-electron chi connectivity index (χ3n) is 2.77. The van der Waals surface area contributed by atoms with E-state index in [4.69, 9.17) is 18.0 Å². The van der Waals surface area contributed by atoms with Gasteiger partial charge in [0.15, 0.2) is 5.82 Å². The molecule has 0 aliphatic rings. The summed E-state index contributed by atoms with van der Waals surface area (Å²) in [5.74, 6) is 0.278. The average molecular weight is 357 g/mol. The van der Waals surface area contributed by atoms with Gasteiger partial charge in [-0.3, -0.25) is 0 Å². The van der Waals surface area contributed by atoms with Gasteiger partial charge in [-0.25, -0.2) is 9.07 Å². The minimum Gasteiger partial charge on any atom is -0.389 e. The van der Waals surface area contributed by atoms with Crippen LogP contribution in [0.4, 0.5) is 15.9 Å². The topological polar surface area (TPSA) is 55.9 Å². The Labute approximate surface area is 130 Å². The predicted molar refractivity (Wildman–Crippen MR) is 85.9 cm³/mol. The summed E-state index contributed by atoms with van der Waals surface area (Å²) in [7, 11) is 0. The van der Waals surface area contributed by atoms with Crippen LogP contribution in [0.3, 0.4) is 0 Å². The lowest BCUT2D eigenvalue weighted by atomic mass is 10.2. The molecule has 0 unspecified atom stereocenters. The predicted octanol–water partition coefficient (Wildman–Crippen LogP) is 3.74. The first-order valence-corrected chi connectivity index (χ1v) is 7.20. The third-order valence-corrected chi connectivity index (χ3v) is 3.77. The molecule has 3 N–H and O–H groups in total. The summed E-state index contributed by atoms with van der Waals surface area (Å²) in [6, 6.07) is 5.24. The number of hydrogen-bond donors (Lipinski definition) is 2. The van der Waals surface area contributed by atoms with Gasteiger partial charge in [-0.05, 0) is 41.9 Å². The summed E-state index contributed by atoms with van der Waals surface area (Å²) in [4.78, 5) is 0.148. The van der Waals surface area contributed by atoms with Crippen LogP contribution >= 0.6 is 28.1 Å². The monoisotopic (exact) mass is 356 g/mol. The number of halogens is 2. The molecular formula is C13H14BrFN4S. The van der Waals surface area contributed by atoms with Gasteiger partial charge in [-0.1, -0.05) is 12.2 Å². The van der Waals surface area contributed by atoms with Crippen LogP contribution in [0.15, 0.2) is 28.9 Å². The number of benzene rings is 1. The molecule has 0 spiro atoms. The molecule has 1 aromatic heterocycles. The van der Waals surface area contributed by atoms with E-state index in [1.165, 1.54) is 0 Å². The maximum Gasteiger partial charge on any atom is 0.161 e. The van der Waals surface area contributed by atoms with E-state index >= 15 is 0 Å². The second-order valence-electron chi connectivity index (χ2n) is 4.53.